The lowest BCUT2D eigenvalue weighted by molar-refractivity contribution is -0.128. The predicted octanol–water partition coefficient (Wildman–Crippen LogP) is 1.25. The Balaban J connectivity index is 1.64. The lowest BCUT2D eigenvalue weighted by atomic mass is 9.78. The maximum atomic E-state index is 5.72. The number of anilines is 2. The molecule has 17 heavy (non-hydrogen) atoms. The number of nitrogens with two attached hydrogens (primary N) is 1. The summed E-state index contributed by atoms with van der Waals surface area (Å²) in [6, 6.07) is 6.23. The van der Waals surface area contributed by atoms with Crippen molar-refractivity contribution >= 4 is 22.8 Å². The number of oxazole rings is 1. The minimum atomic E-state index is 0.375. The molecule has 2 aliphatic heterocycles. The first-order valence-corrected chi connectivity index (χ1v) is 5.73. The van der Waals surface area contributed by atoms with E-state index >= 15 is 0 Å². The van der Waals surface area contributed by atoms with Crippen LogP contribution in [0.4, 0.5) is 11.7 Å². The fraction of sp³-hybridized carbons (Fsp3) is 0.417. The monoisotopic (exact) mass is 231 g/mol. The van der Waals surface area contributed by atoms with E-state index in [1.165, 1.54) is 0 Å². The van der Waals surface area contributed by atoms with Crippen molar-refractivity contribution in [3.05, 3.63) is 18.2 Å². The Hall–Kier alpha value is -1.75. The number of fused-ring (bicyclic) bond motifs is 1. The van der Waals surface area contributed by atoms with E-state index < -0.39 is 0 Å². The van der Waals surface area contributed by atoms with Crippen molar-refractivity contribution < 1.29 is 9.15 Å². The van der Waals surface area contributed by atoms with Gasteiger partial charge in [-0.05, 0) is 18.2 Å². The molecule has 0 atom stereocenters. The van der Waals surface area contributed by atoms with Crippen LogP contribution in [0.25, 0.3) is 11.1 Å². The minimum Gasteiger partial charge on any atom is -0.423 e. The first-order valence-electron chi connectivity index (χ1n) is 5.73. The molecule has 0 saturated carbocycles. The van der Waals surface area contributed by atoms with Crippen LogP contribution in [0, 0.1) is 5.41 Å². The Morgan fingerprint density at radius 2 is 2.12 bits per heavy atom. The molecule has 2 fully saturated rings. The molecule has 2 aromatic rings. The van der Waals surface area contributed by atoms with Gasteiger partial charge in [-0.15, -0.1) is 0 Å². The van der Waals surface area contributed by atoms with Gasteiger partial charge in [0.1, 0.15) is 5.52 Å². The summed E-state index contributed by atoms with van der Waals surface area (Å²) < 4.78 is 11.0. The van der Waals surface area contributed by atoms with E-state index in [2.05, 4.69) is 9.88 Å². The third kappa shape index (κ3) is 1.26. The number of ether oxygens (including phenoxy) is 1. The third-order valence-corrected chi connectivity index (χ3v) is 3.54. The van der Waals surface area contributed by atoms with Crippen molar-refractivity contribution in [2.24, 2.45) is 5.41 Å². The number of rotatable bonds is 1. The van der Waals surface area contributed by atoms with Crippen LogP contribution in [0.15, 0.2) is 22.6 Å². The van der Waals surface area contributed by atoms with Gasteiger partial charge in [0.05, 0.1) is 18.6 Å². The molecule has 1 aromatic heterocycles. The van der Waals surface area contributed by atoms with Gasteiger partial charge in [-0.25, -0.2) is 0 Å². The Labute approximate surface area is 98.2 Å². The molecular formula is C12H13N3O2. The fourth-order valence-electron chi connectivity index (χ4n) is 2.54. The smallest absolute Gasteiger partial charge is 0.298 e. The summed E-state index contributed by atoms with van der Waals surface area (Å²) in [5.41, 5.74) is 8.42. The average molecular weight is 231 g/mol. The summed E-state index contributed by atoms with van der Waals surface area (Å²) in [5, 5.41) is 0. The Morgan fingerprint density at radius 1 is 1.29 bits per heavy atom. The Kier molecular flexibility index (Phi) is 1.60. The van der Waals surface area contributed by atoms with E-state index in [-0.39, 0.29) is 0 Å². The summed E-state index contributed by atoms with van der Waals surface area (Å²) in [6.07, 6.45) is 0. The second kappa shape index (κ2) is 2.92. The summed E-state index contributed by atoms with van der Waals surface area (Å²) in [6.45, 7) is 3.71. The van der Waals surface area contributed by atoms with Crippen LogP contribution < -0.4 is 10.6 Å². The standard InChI is InChI=1S/C12H13N3O2/c13-8-1-2-10-9(3-8)14-11(17-10)15-4-12(5-15)6-16-7-12/h1-3H,4-7,13H2. The molecule has 2 N–H and O–H groups in total. The summed E-state index contributed by atoms with van der Waals surface area (Å²) >= 11 is 0. The van der Waals surface area contributed by atoms with Gasteiger partial charge in [0.25, 0.3) is 6.01 Å². The van der Waals surface area contributed by atoms with Gasteiger partial charge in [-0.3, -0.25) is 0 Å². The quantitative estimate of drug-likeness (QED) is 0.748. The van der Waals surface area contributed by atoms with Crippen LogP contribution in [0.1, 0.15) is 0 Å². The van der Waals surface area contributed by atoms with E-state index in [0.717, 1.165) is 37.4 Å². The first kappa shape index (κ1) is 9.30. The molecule has 0 bridgehead atoms. The van der Waals surface area contributed by atoms with Gasteiger partial charge in [-0.1, -0.05) is 0 Å². The highest BCUT2D eigenvalue weighted by atomic mass is 16.5. The normalized spacial score (nSPS) is 21.5. The van der Waals surface area contributed by atoms with Crippen LogP contribution in [-0.4, -0.2) is 31.3 Å². The molecule has 2 saturated heterocycles. The first-order chi connectivity index (χ1) is 8.24. The van der Waals surface area contributed by atoms with E-state index in [9.17, 15) is 0 Å². The van der Waals surface area contributed by atoms with Gasteiger partial charge in [-0.2, -0.15) is 4.98 Å². The zero-order valence-corrected chi connectivity index (χ0v) is 9.35. The van der Waals surface area contributed by atoms with Crippen molar-refractivity contribution in [3.8, 4) is 0 Å². The number of hydrogen-bond acceptors (Lipinski definition) is 5. The second-order valence-electron chi connectivity index (χ2n) is 5.07. The van der Waals surface area contributed by atoms with E-state index in [1.54, 1.807) is 0 Å². The van der Waals surface area contributed by atoms with E-state index in [4.69, 9.17) is 14.9 Å². The lowest BCUT2D eigenvalue weighted by Crippen LogP contribution is -2.66. The molecule has 3 heterocycles. The number of nitrogen functional groups attached to an aromatic ring is 1. The molecule has 1 aromatic carbocycles. The SMILES string of the molecule is Nc1ccc2oc(N3CC4(COC4)C3)nc2c1. The molecule has 1 spiro atoms. The van der Waals surface area contributed by atoms with Crippen molar-refractivity contribution in [2.75, 3.05) is 36.9 Å². The lowest BCUT2D eigenvalue weighted by Gasteiger charge is -2.54. The highest BCUT2D eigenvalue weighted by molar-refractivity contribution is 5.78. The van der Waals surface area contributed by atoms with Crippen molar-refractivity contribution in [1.29, 1.82) is 0 Å². The molecule has 0 radical (unpaired) electrons. The number of benzene rings is 1. The molecule has 0 amide bonds. The molecule has 2 aliphatic rings. The third-order valence-electron chi connectivity index (χ3n) is 3.54. The van der Waals surface area contributed by atoms with Crippen LogP contribution in [0.3, 0.4) is 0 Å². The maximum Gasteiger partial charge on any atom is 0.298 e. The van der Waals surface area contributed by atoms with Gasteiger partial charge >= 0.3 is 0 Å². The average Bonchev–Trinajstić information content (AvgIpc) is 2.55. The highest BCUT2D eigenvalue weighted by Crippen LogP contribution is 2.40. The van der Waals surface area contributed by atoms with Gasteiger partial charge in [0, 0.05) is 18.8 Å². The molecule has 88 valence electrons. The number of aromatic nitrogens is 1. The van der Waals surface area contributed by atoms with E-state index in [1.807, 2.05) is 18.2 Å². The van der Waals surface area contributed by atoms with Crippen molar-refractivity contribution in [3.63, 3.8) is 0 Å². The van der Waals surface area contributed by atoms with Crippen molar-refractivity contribution in [1.82, 2.24) is 4.98 Å². The molecule has 5 heteroatoms. The highest BCUT2D eigenvalue weighted by Gasteiger charge is 2.50. The van der Waals surface area contributed by atoms with Gasteiger partial charge < -0.3 is 19.8 Å². The molecule has 0 aliphatic carbocycles. The van der Waals surface area contributed by atoms with Crippen LogP contribution in [0.2, 0.25) is 0 Å². The van der Waals surface area contributed by atoms with Crippen LogP contribution in [-0.2, 0) is 4.74 Å². The van der Waals surface area contributed by atoms with Crippen LogP contribution >= 0.6 is 0 Å². The topological polar surface area (TPSA) is 64.5 Å². The van der Waals surface area contributed by atoms with Crippen LogP contribution in [0.5, 0.6) is 0 Å². The second-order valence-corrected chi connectivity index (χ2v) is 5.07. The Bertz CT molecular complexity index is 580. The zero-order chi connectivity index (χ0) is 11.5. The largest absolute Gasteiger partial charge is 0.423 e. The Morgan fingerprint density at radius 3 is 2.82 bits per heavy atom. The molecule has 5 nitrogen and oxygen atoms in total. The fourth-order valence-corrected chi connectivity index (χ4v) is 2.54. The zero-order valence-electron chi connectivity index (χ0n) is 9.35. The summed E-state index contributed by atoms with van der Waals surface area (Å²) in [7, 11) is 0. The van der Waals surface area contributed by atoms with Crippen molar-refractivity contribution in [2.45, 2.75) is 0 Å². The summed E-state index contributed by atoms with van der Waals surface area (Å²) in [4.78, 5) is 6.61. The maximum absolute atomic E-state index is 5.72. The van der Waals surface area contributed by atoms with Gasteiger partial charge in [0.15, 0.2) is 5.58 Å². The predicted molar refractivity (Wildman–Crippen MR) is 63.9 cm³/mol. The minimum absolute atomic E-state index is 0.375. The number of hydrogen-bond donors (Lipinski definition) is 1. The van der Waals surface area contributed by atoms with Gasteiger partial charge in [0.2, 0.25) is 0 Å². The van der Waals surface area contributed by atoms with E-state index in [0.29, 0.717) is 17.1 Å². The molecule has 4 rings (SSSR count). The molecular weight excluding hydrogens is 218 g/mol. The molecule has 0 unspecified atom stereocenters. The number of nitrogens with zero attached hydrogens (tertiary/aromatic N) is 2. The summed E-state index contributed by atoms with van der Waals surface area (Å²) in [5.74, 6) is 0.